The van der Waals surface area contributed by atoms with Gasteiger partial charge in [-0.15, -0.1) is 0 Å². The van der Waals surface area contributed by atoms with Crippen LogP contribution < -0.4 is 0 Å². The molecule has 2 rings (SSSR count). The van der Waals surface area contributed by atoms with Gasteiger partial charge in [0.1, 0.15) is 6.61 Å². The molecule has 1 aromatic carbocycles. The van der Waals surface area contributed by atoms with E-state index in [0.29, 0.717) is 13.0 Å². The van der Waals surface area contributed by atoms with Gasteiger partial charge in [0.25, 0.3) is 0 Å². The number of benzene rings is 1. The number of hydrogen-bond donors (Lipinski definition) is 0. The van der Waals surface area contributed by atoms with Crippen molar-refractivity contribution in [2.75, 3.05) is 6.61 Å². The first kappa shape index (κ1) is 10.6. The lowest BCUT2D eigenvalue weighted by atomic mass is 10.1. The van der Waals surface area contributed by atoms with Gasteiger partial charge in [-0.05, 0) is 13.0 Å². The molecule has 0 bridgehead atoms. The SMILES string of the molecule is C/C=C/CO/N=C1/CC(=O)c2ccccc21. The van der Waals surface area contributed by atoms with Crippen molar-refractivity contribution >= 4 is 11.5 Å². The Morgan fingerprint density at radius 2 is 2.12 bits per heavy atom. The van der Waals surface area contributed by atoms with E-state index >= 15 is 0 Å². The van der Waals surface area contributed by atoms with E-state index in [4.69, 9.17) is 4.84 Å². The third kappa shape index (κ3) is 2.03. The third-order valence-electron chi connectivity index (χ3n) is 2.45. The molecular formula is C13H13NO2. The lowest BCUT2D eigenvalue weighted by molar-refractivity contribution is 0.100. The number of carbonyl (C=O) groups is 1. The minimum Gasteiger partial charge on any atom is -0.391 e. The zero-order chi connectivity index (χ0) is 11.4. The maximum absolute atomic E-state index is 11.6. The standard InChI is InChI=1S/C13H13NO2/c1-2-3-8-16-14-12-9-13(15)11-7-5-4-6-10(11)12/h2-7H,8-9H2,1H3/b3-2+,14-12-. The second-order valence-electron chi connectivity index (χ2n) is 3.55. The lowest BCUT2D eigenvalue weighted by Gasteiger charge is -1.98. The van der Waals surface area contributed by atoms with E-state index in [9.17, 15) is 4.79 Å². The number of rotatable bonds is 3. The van der Waals surface area contributed by atoms with Crippen LogP contribution >= 0.6 is 0 Å². The molecule has 0 fully saturated rings. The van der Waals surface area contributed by atoms with E-state index in [1.165, 1.54) is 0 Å². The van der Waals surface area contributed by atoms with Gasteiger partial charge in [0.15, 0.2) is 5.78 Å². The molecule has 1 aromatic rings. The molecule has 1 aliphatic carbocycles. The Labute approximate surface area is 94.4 Å². The van der Waals surface area contributed by atoms with Crippen LogP contribution in [0.3, 0.4) is 0 Å². The molecule has 16 heavy (non-hydrogen) atoms. The average Bonchev–Trinajstić information content (AvgIpc) is 2.63. The van der Waals surface area contributed by atoms with Crippen molar-refractivity contribution in [3.05, 3.63) is 47.5 Å². The largest absolute Gasteiger partial charge is 0.391 e. The number of allylic oxidation sites excluding steroid dienone is 1. The van der Waals surface area contributed by atoms with Gasteiger partial charge in [-0.1, -0.05) is 35.5 Å². The van der Waals surface area contributed by atoms with E-state index in [2.05, 4.69) is 5.16 Å². The van der Waals surface area contributed by atoms with Crippen molar-refractivity contribution in [1.29, 1.82) is 0 Å². The monoisotopic (exact) mass is 215 g/mol. The summed E-state index contributed by atoms with van der Waals surface area (Å²) in [7, 11) is 0. The van der Waals surface area contributed by atoms with Crippen molar-refractivity contribution in [2.24, 2.45) is 5.16 Å². The molecule has 0 radical (unpaired) electrons. The molecule has 0 saturated carbocycles. The number of nitrogens with zero attached hydrogens (tertiary/aromatic N) is 1. The molecular weight excluding hydrogens is 202 g/mol. The van der Waals surface area contributed by atoms with Crippen LogP contribution in [0.4, 0.5) is 0 Å². The van der Waals surface area contributed by atoms with Crippen molar-refractivity contribution in [2.45, 2.75) is 13.3 Å². The maximum atomic E-state index is 11.6. The quantitative estimate of drug-likeness (QED) is 0.441. The molecule has 0 atom stereocenters. The predicted octanol–water partition coefficient (Wildman–Crippen LogP) is 2.57. The first-order chi connectivity index (χ1) is 7.83. The van der Waals surface area contributed by atoms with Gasteiger partial charge in [0, 0.05) is 11.1 Å². The van der Waals surface area contributed by atoms with Gasteiger partial charge in [-0.3, -0.25) is 4.79 Å². The first-order valence-electron chi connectivity index (χ1n) is 5.25. The molecule has 0 spiro atoms. The van der Waals surface area contributed by atoms with E-state index in [1.54, 1.807) is 0 Å². The molecule has 0 amide bonds. The van der Waals surface area contributed by atoms with Gasteiger partial charge in [-0.2, -0.15) is 0 Å². The normalized spacial score (nSPS) is 17.1. The Kier molecular flexibility index (Phi) is 3.15. The molecule has 0 aromatic heterocycles. The van der Waals surface area contributed by atoms with Crippen molar-refractivity contribution in [3.63, 3.8) is 0 Å². The van der Waals surface area contributed by atoms with E-state index in [0.717, 1.165) is 16.8 Å². The number of ketones is 1. The number of carbonyl (C=O) groups excluding carboxylic acids is 1. The van der Waals surface area contributed by atoms with Crippen molar-refractivity contribution in [3.8, 4) is 0 Å². The molecule has 0 heterocycles. The second kappa shape index (κ2) is 4.75. The van der Waals surface area contributed by atoms with Crippen molar-refractivity contribution in [1.82, 2.24) is 0 Å². The Bertz CT molecular complexity index is 461. The summed E-state index contributed by atoms with van der Waals surface area (Å²) in [5.74, 6) is 0.115. The van der Waals surface area contributed by atoms with Gasteiger partial charge < -0.3 is 4.84 Å². The predicted molar refractivity (Wildman–Crippen MR) is 62.7 cm³/mol. The summed E-state index contributed by atoms with van der Waals surface area (Å²) in [4.78, 5) is 16.7. The summed E-state index contributed by atoms with van der Waals surface area (Å²) in [5.41, 5.74) is 2.37. The molecule has 0 aliphatic heterocycles. The summed E-state index contributed by atoms with van der Waals surface area (Å²) in [6, 6.07) is 7.49. The Morgan fingerprint density at radius 1 is 1.38 bits per heavy atom. The molecule has 1 aliphatic rings. The fourth-order valence-electron chi connectivity index (χ4n) is 1.66. The minimum atomic E-state index is 0.115. The average molecular weight is 215 g/mol. The van der Waals surface area contributed by atoms with Crippen LogP contribution in [0.2, 0.25) is 0 Å². The van der Waals surface area contributed by atoms with Crippen LogP contribution in [-0.2, 0) is 4.84 Å². The smallest absolute Gasteiger partial charge is 0.169 e. The van der Waals surface area contributed by atoms with E-state index in [1.807, 2.05) is 43.3 Å². The summed E-state index contributed by atoms with van der Waals surface area (Å²) in [5, 5.41) is 4.00. The Morgan fingerprint density at radius 3 is 2.88 bits per heavy atom. The van der Waals surface area contributed by atoms with Crippen molar-refractivity contribution < 1.29 is 9.63 Å². The fraction of sp³-hybridized carbons (Fsp3) is 0.231. The zero-order valence-corrected chi connectivity index (χ0v) is 9.14. The number of Topliss-reactive ketones (excluding diaryl/α,β-unsaturated/α-hetero) is 1. The Balaban J connectivity index is 2.17. The van der Waals surface area contributed by atoms with Gasteiger partial charge in [0.05, 0.1) is 12.1 Å². The van der Waals surface area contributed by atoms with Crippen LogP contribution in [0.25, 0.3) is 0 Å². The lowest BCUT2D eigenvalue weighted by Crippen LogP contribution is -1.97. The molecule has 0 saturated heterocycles. The summed E-state index contributed by atoms with van der Waals surface area (Å²) >= 11 is 0. The number of oxime groups is 1. The summed E-state index contributed by atoms with van der Waals surface area (Å²) in [6.45, 7) is 2.36. The van der Waals surface area contributed by atoms with Crippen LogP contribution in [0, 0.1) is 0 Å². The molecule has 0 N–H and O–H groups in total. The van der Waals surface area contributed by atoms with Gasteiger partial charge >= 0.3 is 0 Å². The third-order valence-corrected chi connectivity index (χ3v) is 2.45. The van der Waals surface area contributed by atoms with Crippen LogP contribution in [0.5, 0.6) is 0 Å². The highest BCUT2D eigenvalue weighted by atomic mass is 16.6. The molecule has 0 unspecified atom stereocenters. The first-order valence-corrected chi connectivity index (χ1v) is 5.25. The Hall–Kier alpha value is -1.90. The highest BCUT2D eigenvalue weighted by Crippen LogP contribution is 2.22. The van der Waals surface area contributed by atoms with Crippen LogP contribution in [-0.4, -0.2) is 18.1 Å². The fourth-order valence-corrected chi connectivity index (χ4v) is 1.66. The highest BCUT2D eigenvalue weighted by Gasteiger charge is 2.25. The summed E-state index contributed by atoms with van der Waals surface area (Å²) in [6.07, 6.45) is 4.11. The van der Waals surface area contributed by atoms with Gasteiger partial charge in [0.2, 0.25) is 0 Å². The van der Waals surface area contributed by atoms with Crippen LogP contribution in [0.15, 0.2) is 41.6 Å². The molecule has 3 nitrogen and oxygen atoms in total. The number of hydrogen-bond acceptors (Lipinski definition) is 3. The van der Waals surface area contributed by atoms with Crippen LogP contribution in [0.1, 0.15) is 29.3 Å². The summed E-state index contributed by atoms with van der Waals surface area (Å²) < 4.78 is 0. The zero-order valence-electron chi connectivity index (χ0n) is 9.14. The van der Waals surface area contributed by atoms with Gasteiger partial charge in [-0.25, -0.2) is 0 Å². The maximum Gasteiger partial charge on any atom is 0.169 e. The second-order valence-corrected chi connectivity index (χ2v) is 3.55. The molecule has 82 valence electrons. The van der Waals surface area contributed by atoms with E-state index in [-0.39, 0.29) is 5.78 Å². The highest BCUT2D eigenvalue weighted by molar-refractivity contribution is 6.26. The minimum absolute atomic E-state index is 0.115. The number of fused-ring (bicyclic) bond motifs is 1. The topological polar surface area (TPSA) is 38.7 Å². The molecule has 3 heteroatoms. The van der Waals surface area contributed by atoms with E-state index < -0.39 is 0 Å².